The molecule has 154 valence electrons. The summed E-state index contributed by atoms with van der Waals surface area (Å²) in [6, 6.07) is 5.26. The molecular formula is C24H41NO2. The van der Waals surface area contributed by atoms with E-state index in [1.807, 2.05) is 13.0 Å². The molecule has 0 radical (unpaired) electrons. The van der Waals surface area contributed by atoms with Crippen molar-refractivity contribution < 1.29 is 9.90 Å². The minimum absolute atomic E-state index is 0.00478. The lowest BCUT2D eigenvalue weighted by Crippen LogP contribution is -2.11. The third-order valence-corrected chi connectivity index (χ3v) is 5.18. The predicted molar refractivity (Wildman–Crippen MR) is 116 cm³/mol. The molecule has 0 atom stereocenters. The number of carbonyl (C=O) groups is 1. The summed E-state index contributed by atoms with van der Waals surface area (Å²) < 4.78 is 0. The Labute approximate surface area is 167 Å². The third-order valence-electron chi connectivity index (χ3n) is 5.18. The summed E-state index contributed by atoms with van der Waals surface area (Å²) in [5, 5.41) is 12.6. The zero-order valence-electron chi connectivity index (χ0n) is 17.7. The highest BCUT2D eigenvalue weighted by Crippen LogP contribution is 2.24. The fourth-order valence-electron chi connectivity index (χ4n) is 3.44. The lowest BCUT2D eigenvalue weighted by atomic mass is 10.0. The summed E-state index contributed by atoms with van der Waals surface area (Å²) in [5.41, 5.74) is 1.55. The Morgan fingerprint density at radius 1 is 0.815 bits per heavy atom. The van der Waals surface area contributed by atoms with Crippen molar-refractivity contribution >= 4 is 11.6 Å². The number of aromatic hydroxyl groups is 1. The molecule has 0 heterocycles. The SMILES string of the molecule is CCCCCCCCCCCCCCCCC(=O)Nc1cc(C)ccc1O. The summed E-state index contributed by atoms with van der Waals surface area (Å²) >= 11 is 0. The Morgan fingerprint density at radius 2 is 1.30 bits per heavy atom. The number of carbonyl (C=O) groups excluding carboxylic acids is 1. The molecule has 0 bridgehead atoms. The molecule has 27 heavy (non-hydrogen) atoms. The van der Waals surface area contributed by atoms with E-state index in [9.17, 15) is 9.90 Å². The molecule has 1 amide bonds. The number of nitrogens with one attached hydrogen (secondary N) is 1. The summed E-state index contributed by atoms with van der Waals surface area (Å²) in [7, 11) is 0. The minimum Gasteiger partial charge on any atom is -0.506 e. The van der Waals surface area contributed by atoms with Crippen LogP contribution in [0.1, 0.15) is 109 Å². The first-order valence-corrected chi connectivity index (χ1v) is 11.2. The van der Waals surface area contributed by atoms with Crippen LogP contribution in [-0.2, 0) is 4.79 Å². The standard InChI is InChI=1S/C24H41NO2/c1-3-4-5-6-7-8-9-10-11-12-13-14-15-16-17-24(27)25-22-20-21(2)18-19-23(22)26/h18-20,26H,3-17H2,1-2H3,(H,25,27). The van der Waals surface area contributed by atoms with Gasteiger partial charge in [-0.3, -0.25) is 4.79 Å². The zero-order valence-corrected chi connectivity index (χ0v) is 17.7. The van der Waals surface area contributed by atoms with Gasteiger partial charge in [0.15, 0.2) is 0 Å². The van der Waals surface area contributed by atoms with Crippen molar-refractivity contribution in [2.24, 2.45) is 0 Å². The van der Waals surface area contributed by atoms with Gasteiger partial charge in [-0.1, -0.05) is 96.5 Å². The number of rotatable bonds is 16. The van der Waals surface area contributed by atoms with E-state index in [-0.39, 0.29) is 11.7 Å². The summed E-state index contributed by atoms with van der Waals surface area (Å²) in [4.78, 5) is 12.0. The van der Waals surface area contributed by atoms with Gasteiger partial charge >= 0.3 is 0 Å². The molecule has 0 aliphatic carbocycles. The number of hydrogen-bond acceptors (Lipinski definition) is 2. The van der Waals surface area contributed by atoms with Crippen LogP contribution in [0.4, 0.5) is 5.69 Å². The highest BCUT2D eigenvalue weighted by Gasteiger charge is 2.06. The first-order chi connectivity index (χ1) is 13.1. The topological polar surface area (TPSA) is 49.3 Å². The van der Waals surface area contributed by atoms with E-state index in [0.29, 0.717) is 12.1 Å². The molecule has 2 N–H and O–H groups in total. The van der Waals surface area contributed by atoms with Crippen LogP contribution in [0.5, 0.6) is 5.75 Å². The maximum atomic E-state index is 12.0. The number of phenolic OH excluding ortho intramolecular Hbond substituents is 1. The molecule has 0 fully saturated rings. The summed E-state index contributed by atoms with van der Waals surface area (Å²) in [6.07, 6.45) is 19.0. The molecular weight excluding hydrogens is 334 g/mol. The number of phenols is 1. The molecule has 0 aromatic heterocycles. The maximum Gasteiger partial charge on any atom is 0.224 e. The number of amides is 1. The van der Waals surface area contributed by atoms with Gasteiger partial charge in [-0.2, -0.15) is 0 Å². The van der Waals surface area contributed by atoms with Crippen LogP contribution in [0.25, 0.3) is 0 Å². The number of unbranched alkanes of at least 4 members (excludes halogenated alkanes) is 13. The van der Waals surface area contributed by atoms with Crippen LogP contribution in [0, 0.1) is 6.92 Å². The van der Waals surface area contributed by atoms with Crippen molar-refractivity contribution in [3.63, 3.8) is 0 Å². The molecule has 3 heteroatoms. The second kappa shape index (κ2) is 15.5. The Morgan fingerprint density at radius 3 is 1.81 bits per heavy atom. The van der Waals surface area contributed by atoms with Gasteiger partial charge in [0, 0.05) is 6.42 Å². The Kier molecular flexibility index (Phi) is 13.5. The summed E-state index contributed by atoms with van der Waals surface area (Å²) in [5.74, 6) is 0.129. The molecule has 0 saturated heterocycles. The molecule has 1 aromatic carbocycles. The van der Waals surface area contributed by atoms with E-state index < -0.39 is 0 Å². The van der Waals surface area contributed by atoms with Gasteiger partial charge in [-0.05, 0) is 31.0 Å². The monoisotopic (exact) mass is 375 g/mol. The van der Waals surface area contributed by atoms with E-state index in [4.69, 9.17) is 0 Å². The van der Waals surface area contributed by atoms with Crippen molar-refractivity contribution in [1.82, 2.24) is 0 Å². The third kappa shape index (κ3) is 12.5. The molecule has 1 aromatic rings. The van der Waals surface area contributed by atoms with Gasteiger partial charge < -0.3 is 10.4 Å². The fraction of sp³-hybridized carbons (Fsp3) is 0.708. The molecule has 1 rings (SSSR count). The molecule has 0 aliphatic heterocycles. The summed E-state index contributed by atoms with van der Waals surface area (Å²) in [6.45, 7) is 4.22. The highest BCUT2D eigenvalue weighted by molar-refractivity contribution is 5.92. The van der Waals surface area contributed by atoms with Crippen molar-refractivity contribution in [2.45, 2.75) is 110 Å². The minimum atomic E-state index is -0.00478. The molecule has 0 spiro atoms. The Hall–Kier alpha value is -1.51. The number of anilines is 1. The van der Waals surface area contributed by atoms with Gasteiger partial charge in [0.05, 0.1) is 5.69 Å². The maximum absolute atomic E-state index is 12.0. The van der Waals surface area contributed by atoms with Crippen LogP contribution in [-0.4, -0.2) is 11.0 Å². The molecule has 0 aliphatic rings. The van der Waals surface area contributed by atoms with Crippen molar-refractivity contribution in [2.75, 3.05) is 5.32 Å². The van der Waals surface area contributed by atoms with Crippen molar-refractivity contribution in [3.05, 3.63) is 23.8 Å². The Bertz CT molecular complexity index is 513. The second-order valence-corrected chi connectivity index (χ2v) is 7.91. The molecule has 0 saturated carbocycles. The largest absolute Gasteiger partial charge is 0.506 e. The van der Waals surface area contributed by atoms with E-state index in [0.717, 1.165) is 18.4 Å². The van der Waals surface area contributed by atoms with Crippen LogP contribution in [0.2, 0.25) is 0 Å². The first kappa shape index (κ1) is 23.5. The van der Waals surface area contributed by atoms with Gasteiger partial charge in [0.25, 0.3) is 0 Å². The average molecular weight is 376 g/mol. The van der Waals surface area contributed by atoms with Gasteiger partial charge in [0.2, 0.25) is 5.91 Å². The van der Waals surface area contributed by atoms with Crippen LogP contribution >= 0.6 is 0 Å². The zero-order chi connectivity index (χ0) is 19.7. The van der Waals surface area contributed by atoms with Crippen molar-refractivity contribution in [1.29, 1.82) is 0 Å². The number of hydrogen-bond donors (Lipinski definition) is 2. The smallest absolute Gasteiger partial charge is 0.224 e. The number of aryl methyl sites for hydroxylation is 1. The normalized spacial score (nSPS) is 10.9. The van der Waals surface area contributed by atoms with Gasteiger partial charge in [-0.25, -0.2) is 0 Å². The quantitative estimate of drug-likeness (QED) is 0.232. The lowest BCUT2D eigenvalue weighted by Gasteiger charge is -2.08. The van der Waals surface area contributed by atoms with E-state index in [2.05, 4.69) is 12.2 Å². The Balaban J connectivity index is 1.90. The second-order valence-electron chi connectivity index (χ2n) is 7.91. The van der Waals surface area contributed by atoms with Gasteiger partial charge in [-0.15, -0.1) is 0 Å². The molecule has 3 nitrogen and oxygen atoms in total. The number of benzene rings is 1. The lowest BCUT2D eigenvalue weighted by molar-refractivity contribution is -0.116. The van der Waals surface area contributed by atoms with Crippen LogP contribution in [0.15, 0.2) is 18.2 Å². The highest BCUT2D eigenvalue weighted by atomic mass is 16.3. The van der Waals surface area contributed by atoms with Crippen molar-refractivity contribution in [3.8, 4) is 5.75 Å². The van der Waals surface area contributed by atoms with E-state index in [1.54, 1.807) is 12.1 Å². The average Bonchev–Trinajstić information content (AvgIpc) is 2.65. The van der Waals surface area contributed by atoms with Crippen LogP contribution < -0.4 is 5.32 Å². The molecule has 0 unspecified atom stereocenters. The fourth-order valence-corrected chi connectivity index (χ4v) is 3.44. The van der Waals surface area contributed by atoms with E-state index in [1.165, 1.54) is 77.0 Å². The van der Waals surface area contributed by atoms with E-state index >= 15 is 0 Å². The predicted octanol–water partition coefficient (Wildman–Crippen LogP) is 7.51. The van der Waals surface area contributed by atoms with Crippen LogP contribution in [0.3, 0.4) is 0 Å². The van der Waals surface area contributed by atoms with Gasteiger partial charge in [0.1, 0.15) is 5.75 Å². The first-order valence-electron chi connectivity index (χ1n) is 11.2.